The smallest absolute Gasteiger partial charge is 0.0728 e. The van der Waals surface area contributed by atoms with Crippen LogP contribution in [0.25, 0.3) is 0 Å². The van der Waals surface area contributed by atoms with Crippen LogP contribution in [0.4, 0.5) is 5.69 Å². The van der Waals surface area contributed by atoms with Crippen LogP contribution in [0.2, 0.25) is 0 Å². The second-order valence-electron chi connectivity index (χ2n) is 6.15. The maximum Gasteiger partial charge on any atom is 0.0728 e. The normalized spacial score (nSPS) is 20.4. The van der Waals surface area contributed by atoms with Crippen LogP contribution in [0.3, 0.4) is 0 Å². The van der Waals surface area contributed by atoms with Crippen molar-refractivity contribution in [2.24, 2.45) is 0 Å². The zero-order valence-corrected chi connectivity index (χ0v) is 12.1. The van der Waals surface area contributed by atoms with Gasteiger partial charge in [-0.3, -0.25) is 0 Å². The summed E-state index contributed by atoms with van der Waals surface area (Å²) in [4.78, 5) is 2.16. The molecular weight excluding hydrogens is 236 g/mol. The first-order chi connectivity index (χ1) is 9.01. The van der Waals surface area contributed by atoms with E-state index >= 15 is 0 Å². The molecule has 1 aliphatic rings. The summed E-state index contributed by atoms with van der Waals surface area (Å²) in [5, 5.41) is 11.0. The van der Waals surface area contributed by atoms with Gasteiger partial charge in [0.1, 0.15) is 0 Å². The van der Waals surface area contributed by atoms with Gasteiger partial charge in [0.2, 0.25) is 0 Å². The van der Waals surface area contributed by atoms with E-state index in [0.29, 0.717) is 0 Å². The molecule has 3 nitrogen and oxygen atoms in total. The molecule has 0 aromatic heterocycles. The highest BCUT2D eigenvalue weighted by atomic mass is 16.3. The lowest BCUT2D eigenvalue weighted by Gasteiger charge is -2.40. The van der Waals surface area contributed by atoms with Gasteiger partial charge in [0.15, 0.2) is 0 Å². The monoisotopic (exact) mass is 262 g/mol. The van der Waals surface area contributed by atoms with Gasteiger partial charge in [0.25, 0.3) is 0 Å². The molecular formula is C16H26N2O. The van der Waals surface area contributed by atoms with E-state index < -0.39 is 5.60 Å². The quantitative estimate of drug-likeness (QED) is 0.820. The van der Waals surface area contributed by atoms with E-state index in [4.69, 9.17) is 5.73 Å². The summed E-state index contributed by atoms with van der Waals surface area (Å²) in [6.45, 7) is 0.875. The van der Waals surface area contributed by atoms with E-state index in [1.807, 2.05) is 12.1 Å². The zero-order valence-electron chi connectivity index (χ0n) is 12.1. The molecule has 0 amide bonds. The molecule has 0 bridgehead atoms. The van der Waals surface area contributed by atoms with E-state index in [1.165, 1.54) is 12.0 Å². The number of anilines is 1. The standard InChI is InChI=1S/C16H26N2O/c1-18(2)12-15(13-6-8-14(17)9-7-13)16(19)10-4-3-5-11-16/h6-9,15,19H,3-5,10-12,17H2,1-2H3/t15-/m0/s1. The maximum absolute atomic E-state index is 11.0. The average molecular weight is 262 g/mol. The van der Waals surface area contributed by atoms with Crippen molar-refractivity contribution in [3.05, 3.63) is 29.8 Å². The van der Waals surface area contributed by atoms with Crippen molar-refractivity contribution in [3.63, 3.8) is 0 Å². The molecule has 1 atom stereocenters. The van der Waals surface area contributed by atoms with Crippen LogP contribution < -0.4 is 5.73 Å². The minimum absolute atomic E-state index is 0.170. The summed E-state index contributed by atoms with van der Waals surface area (Å²) in [7, 11) is 4.13. The molecule has 0 spiro atoms. The number of nitrogen functional groups attached to an aromatic ring is 1. The predicted molar refractivity (Wildman–Crippen MR) is 80.2 cm³/mol. The Labute approximate surface area is 116 Å². The van der Waals surface area contributed by atoms with Crippen LogP contribution >= 0.6 is 0 Å². The summed E-state index contributed by atoms with van der Waals surface area (Å²) < 4.78 is 0. The number of nitrogens with two attached hydrogens (primary N) is 1. The van der Waals surface area contributed by atoms with Gasteiger partial charge in [-0.15, -0.1) is 0 Å². The van der Waals surface area contributed by atoms with E-state index in [-0.39, 0.29) is 5.92 Å². The Kier molecular flexibility index (Phi) is 4.48. The second kappa shape index (κ2) is 5.93. The first-order valence-electron chi connectivity index (χ1n) is 7.24. The van der Waals surface area contributed by atoms with Gasteiger partial charge in [-0.2, -0.15) is 0 Å². The van der Waals surface area contributed by atoms with E-state index in [0.717, 1.165) is 37.9 Å². The van der Waals surface area contributed by atoms with Crippen molar-refractivity contribution in [1.82, 2.24) is 4.90 Å². The number of hydrogen-bond donors (Lipinski definition) is 2. The molecule has 0 heterocycles. The second-order valence-corrected chi connectivity index (χ2v) is 6.15. The molecule has 0 radical (unpaired) electrons. The van der Waals surface area contributed by atoms with Gasteiger partial charge in [-0.25, -0.2) is 0 Å². The van der Waals surface area contributed by atoms with Crippen molar-refractivity contribution in [3.8, 4) is 0 Å². The lowest BCUT2D eigenvalue weighted by Crippen LogP contribution is -2.42. The van der Waals surface area contributed by atoms with Gasteiger partial charge in [0, 0.05) is 18.2 Å². The molecule has 0 unspecified atom stereocenters. The average Bonchev–Trinajstić information content (AvgIpc) is 2.38. The molecule has 1 aliphatic carbocycles. The fourth-order valence-corrected chi connectivity index (χ4v) is 3.19. The van der Waals surface area contributed by atoms with Crippen LogP contribution in [0, 0.1) is 0 Å². The molecule has 2 rings (SSSR count). The Morgan fingerprint density at radius 1 is 1.16 bits per heavy atom. The first kappa shape index (κ1) is 14.4. The molecule has 3 heteroatoms. The maximum atomic E-state index is 11.0. The largest absolute Gasteiger partial charge is 0.399 e. The SMILES string of the molecule is CN(C)C[C@@H](c1ccc(N)cc1)C1(O)CCCCC1. The molecule has 1 fully saturated rings. The summed E-state index contributed by atoms with van der Waals surface area (Å²) in [6, 6.07) is 8.00. The van der Waals surface area contributed by atoms with Crippen molar-refractivity contribution in [1.29, 1.82) is 0 Å². The van der Waals surface area contributed by atoms with Crippen LogP contribution in [0.5, 0.6) is 0 Å². The minimum Gasteiger partial charge on any atom is -0.399 e. The summed E-state index contributed by atoms with van der Waals surface area (Å²) in [5.74, 6) is 0.170. The summed E-state index contributed by atoms with van der Waals surface area (Å²) in [5.41, 5.74) is 7.19. The topological polar surface area (TPSA) is 49.5 Å². The molecule has 1 aromatic rings. The lowest BCUT2D eigenvalue weighted by atomic mass is 9.72. The van der Waals surface area contributed by atoms with E-state index in [9.17, 15) is 5.11 Å². The van der Waals surface area contributed by atoms with Gasteiger partial charge in [-0.05, 0) is 44.6 Å². The highest BCUT2D eigenvalue weighted by Gasteiger charge is 2.38. The van der Waals surface area contributed by atoms with Gasteiger partial charge >= 0.3 is 0 Å². The Balaban J connectivity index is 2.26. The molecule has 1 saturated carbocycles. The predicted octanol–water partition coefficient (Wildman–Crippen LogP) is 2.61. The highest BCUT2D eigenvalue weighted by Crippen LogP contribution is 2.40. The van der Waals surface area contributed by atoms with E-state index in [2.05, 4.69) is 31.1 Å². The molecule has 3 N–H and O–H groups in total. The number of nitrogens with zero attached hydrogens (tertiary/aromatic N) is 1. The highest BCUT2D eigenvalue weighted by molar-refractivity contribution is 5.41. The van der Waals surface area contributed by atoms with Crippen LogP contribution in [0.1, 0.15) is 43.6 Å². The van der Waals surface area contributed by atoms with Crippen molar-refractivity contribution in [2.45, 2.75) is 43.6 Å². The van der Waals surface area contributed by atoms with Crippen LogP contribution in [0.15, 0.2) is 24.3 Å². The number of benzene rings is 1. The zero-order chi connectivity index (χ0) is 13.9. The molecule has 19 heavy (non-hydrogen) atoms. The third kappa shape index (κ3) is 3.48. The molecule has 0 saturated heterocycles. The number of rotatable bonds is 4. The lowest BCUT2D eigenvalue weighted by molar-refractivity contribution is -0.0277. The molecule has 0 aliphatic heterocycles. The minimum atomic E-state index is -0.557. The fourth-order valence-electron chi connectivity index (χ4n) is 3.19. The Hall–Kier alpha value is -1.06. The summed E-state index contributed by atoms with van der Waals surface area (Å²) in [6.07, 6.45) is 5.34. The van der Waals surface area contributed by atoms with Gasteiger partial charge < -0.3 is 15.7 Å². The molecule has 1 aromatic carbocycles. The van der Waals surface area contributed by atoms with Crippen molar-refractivity contribution in [2.75, 3.05) is 26.4 Å². The van der Waals surface area contributed by atoms with Gasteiger partial charge in [-0.1, -0.05) is 31.4 Å². The number of hydrogen-bond acceptors (Lipinski definition) is 3. The molecule has 106 valence electrons. The van der Waals surface area contributed by atoms with Gasteiger partial charge in [0.05, 0.1) is 5.60 Å². The Morgan fingerprint density at radius 3 is 2.26 bits per heavy atom. The number of aliphatic hydroxyl groups is 1. The van der Waals surface area contributed by atoms with E-state index in [1.54, 1.807) is 0 Å². The van der Waals surface area contributed by atoms with Crippen LogP contribution in [-0.2, 0) is 0 Å². The number of likely N-dealkylation sites (N-methyl/N-ethyl adjacent to an activating group) is 1. The van der Waals surface area contributed by atoms with Crippen molar-refractivity contribution >= 4 is 5.69 Å². The van der Waals surface area contributed by atoms with Crippen LogP contribution in [-0.4, -0.2) is 36.2 Å². The Morgan fingerprint density at radius 2 is 1.74 bits per heavy atom. The summed E-state index contributed by atoms with van der Waals surface area (Å²) >= 11 is 0. The first-order valence-corrected chi connectivity index (χ1v) is 7.24. The van der Waals surface area contributed by atoms with Crippen molar-refractivity contribution < 1.29 is 5.11 Å². The fraction of sp³-hybridized carbons (Fsp3) is 0.625. The Bertz CT molecular complexity index is 394. The third-order valence-electron chi connectivity index (χ3n) is 4.25. The third-order valence-corrected chi connectivity index (χ3v) is 4.25.